The third-order valence-corrected chi connectivity index (χ3v) is 3.17. The second-order valence-electron chi connectivity index (χ2n) is 5.05. The number of amides is 1. The molecule has 2 rings (SSSR count). The molecule has 0 aliphatic carbocycles. The topological polar surface area (TPSA) is 83.3 Å². The van der Waals surface area contributed by atoms with E-state index in [2.05, 4.69) is 32.6 Å². The molecule has 1 aromatic carbocycles. The molecule has 0 aliphatic heterocycles. The van der Waals surface area contributed by atoms with E-state index in [0.717, 1.165) is 11.3 Å². The molecule has 1 aromatic heterocycles. The molecule has 1 heterocycles. The Morgan fingerprint density at radius 1 is 1.36 bits per heavy atom. The van der Waals surface area contributed by atoms with Crippen molar-refractivity contribution in [2.24, 2.45) is 4.99 Å². The predicted octanol–water partition coefficient (Wildman–Crippen LogP) is 1.99. The van der Waals surface area contributed by atoms with E-state index < -0.39 is 0 Å². The number of hydrogen-bond donors (Lipinski definition) is 3. The molecule has 25 heavy (non-hydrogen) atoms. The van der Waals surface area contributed by atoms with Gasteiger partial charge >= 0.3 is 0 Å². The van der Waals surface area contributed by atoms with Gasteiger partial charge in [0.2, 0.25) is 5.91 Å². The van der Waals surface area contributed by atoms with Crippen molar-refractivity contribution in [3.8, 4) is 0 Å². The van der Waals surface area contributed by atoms with E-state index in [-0.39, 0.29) is 36.4 Å². The third kappa shape index (κ3) is 7.38. The highest BCUT2D eigenvalue weighted by Gasteiger charge is 2.04. The van der Waals surface area contributed by atoms with Crippen molar-refractivity contribution in [2.75, 3.05) is 18.9 Å². The van der Waals surface area contributed by atoms with Gasteiger partial charge in [-0.15, -0.1) is 30.6 Å². The van der Waals surface area contributed by atoms with Crippen LogP contribution in [0.1, 0.15) is 5.56 Å². The summed E-state index contributed by atoms with van der Waals surface area (Å²) >= 11 is 0. The molecule has 2 aromatic rings. The van der Waals surface area contributed by atoms with Gasteiger partial charge in [-0.3, -0.25) is 14.5 Å². The van der Waals surface area contributed by atoms with Crippen molar-refractivity contribution < 1.29 is 4.79 Å². The van der Waals surface area contributed by atoms with Crippen LogP contribution in [-0.4, -0.2) is 35.2 Å². The average molecular weight is 454 g/mol. The molecule has 0 atom stereocenters. The van der Waals surface area contributed by atoms with E-state index in [4.69, 9.17) is 0 Å². The van der Waals surface area contributed by atoms with Gasteiger partial charge in [-0.2, -0.15) is 5.10 Å². The van der Waals surface area contributed by atoms with Crippen molar-refractivity contribution >= 4 is 41.5 Å². The summed E-state index contributed by atoms with van der Waals surface area (Å²) in [6.45, 7) is 5.09. The number of carbonyl (C=O) groups excluding carboxylic acids is 1. The number of aliphatic imine (C=N–C) groups is 1. The van der Waals surface area contributed by atoms with Crippen molar-refractivity contribution in [3.05, 3.63) is 60.9 Å². The highest BCUT2D eigenvalue weighted by molar-refractivity contribution is 14.0. The van der Waals surface area contributed by atoms with Gasteiger partial charge in [-0.05, 0) is 23.8 Å². The number of nitrogens with one attached hydrogen (secondary N) is 3. The Morgan fingerprint density at radius 3 is 2.88 bits per heavy atom. The molecular weight excluding hydrogens is 431 g/mol. The normalized spacial score (nSPS) is 10.5. The summed E-state index contributed by atoms with van der Waals surface area (Å²) in [6, 6.07) is 9.45. The molecule has 0 spiro atoms. The first-order chi connectivity index (χ1) is 11.7. The number of rotatable bonds is 7. The summed E-state index contributed by atoms with van der Waals surface area (Å²) in [5, 5.41) is 13.2. The Kier molecular flexibility index (Phi) is 9.30. The Bertz CT molecular complexity index is 699. The monoisotopic (exact) mass is 454 g/mol. The van der Waals surface area contributed by atoms with Gasteiger partial charge in [0.05, 0.1) is 0 Å². The van der Waals surface area contributed by atoms with Gasteiger partial charge in [0.15, 0.2) is 5.96 Å². The van der Waals surface area contributed by atoms with Crippen LogP contribution in [-0.2, 0) is 17.9 Å². The van der Waals surface area contributed by atoms with Crippen LogP contribution < -0.4 is 16.0 Å². The second kappa shape index (κ2) is 11.2. The fourth-order valence-corrected chi connectivity index (χ4v) is 2.08. The molecule has 3 N–H and O–H groups in total. The fourth-order valence-electron chi connectivity index (χ4n) is 2.08. The van der Waals surface area contributed by atoms with E-state index in [9.17, 15) is 4.79 Å². The van der Waals surface area contributed by atoms with Gasteiger partial charge < -0.3 is 16.0 Å². The molecule has 7 nitrogen and oxygen atoms in total. The van der Waals surface area contributed by atoms with Gasteiger partial charge in [0.1, 0.15) is 6.54 Å². The maximum Gasteiger partial charge on any atom is 0.246 e. The van der Waals surface area contributed by atoms with E-state index in [0.29, 0.717) is 19.0 Å². The lowest BCUT2D eigenvalue weighted by Crippen LogP contribution is -2.36. The molecule has 8 heteroatoms. The SMILES string of the molecule is C=CCNC(=NC)NCc1cccc(NC(=O)Cn2cccn2)c1.I. The standard InChI is InChI=1S/C17H22N6O.HI/c1-3-8-19-17(18-2)20-12-14-6-4-7-15(11-14)22-16(24)13-23-10-5-9-21-23;/h3-7,9-11H,1,8,12-13H2,2H3,(H,22,24)(H2,18,19,20);1H. The van der Waals surface area contributed by atoms with Crippen molar-refractivity contribution in [1.82, 2.24) is 20.4 Å². The van der Waals surface area contributed by atoms with Crippen molar-refractivity contribution in [1.29, 1.82) is 0 Å². The number of anilines is 1. The van der Waals surface area contributed by atoms with E-state index >= 15 is 0 Å². The zero-order valence-electron chi connectivity index (χ0n) is 14.1. The van der Waals surface area contributed by atoms with E-state index in [1.54, 1.807) is 36.3 Å². The van der Waals surface area contributed by atoms with E-state index in [1.165, 1.54) is 0 Å². The summed E-state index contributed by atoms with van der Waals surface area (Å²) in [5.41, 5.74) is 1.79. The average Bonchev–Trinajstić information content (AvgIpc) is 3.08. The Morgan fingerprint density at radius 2 is 2.20 bits per heavy atom. The lowest BCUT2D eigenvalue weighted by atomic mass is 10.2. The van der Waals surface area contributed by atoms with Crippen LogP contribution in [0.2, 0.25) is 0 Å². The van der Waals surface area contributed by atoms with Gasteiger partial charge in [-0.1, -0.05) is 18.2 Å². The molecule has 0 fully saturated rings. The van der Waals surface area contributed by atoms with E-state index in [1.807, 2.05) is 24.3 Å². The summed E-state index contributed by atoms with van der Waals surface area (Å²) < 4.78 is 1.58. The van der Waals surface area contributed by atoms with Crippen LogP contribution in [0.3, 0.4) is 0 Å². The molecule has 134 valence electrons. The summed E-state index contributed by atoms with van der Waals surface area (Å²) in [5.74, 6) is 0.579. The zero-order valence-corrected chi connectivity index (χ0v) is 16.4. The van der Waals surface area contributed by atoms with Gasteiger partial charge in [0, 0.05) is 38.2 Å². The van der Waals surface area contributed by atoms with Crippen LogP contribution in [0.25, 0.3) is 0 Å². The maximum atomic E-state index is 12.0. The molecular formula is C17H23IN6O. The number of benzene rings is 1. The van der Waals surface area contributed by atoms with Crippen molar-refractivity contribution in [2.45, 2.75) is 13.1 Å². The number of carbonyl (C=O) groups is 1. The first kappa shape index (κ1) is 20.7. The Labute approximate surface area is 164 Å². The fraction of sp³-hybridized carbons (Fsp3) is 0.235. The number of nitrogens with zero attached hydrogens (tertiary/aromatic N) is 3. The van der Waals surface area contributed by atoms with Gasteiger partial charge in [-0.25, -0.2) is 0 Å². The molecule has 0 radical (unpaired) electrons. The molecule has 0 saturated heterocycles. The number of hydrogen-bond acceptors (Lipinski definition) is 3. The van der Waals surface area contributed by atoms with Gasteiger partial charge in [0.25, 0.3) is 0 Å². The summed E-state index contributed by atoms with van der Waals surface area (Å²) in [6.07, 6.45) is 5.16. The minimum absolute atomic E-state index is 0. The highest BCUT2D eigenvalue weighted by Crippen LogP contribution is 2.10. The first-order valence-electron chi connectivity index (χ1n) is 7.63. The largest absolute Gasteiger partial charge is 0.353 e. The number of aromatic nitrogens is 2. The molecule has 0 aliphatic rings. The quantitative estimate of drug-likeness (QED) is 0.259. The van der Waals surface area contributed by atoms with Crippen LogP contribution in [0.5, 0.6) is 0 Å². The first-order valence-corrected chi connectivity index (χ1v) is 7.63. The third-order valence-electron chi connectivity index (χ3n) is 3.17. The number of halogens is 1. The number of guanidine groups is 1. The molecule has 1 amide bonds. The van der Waals surface area contributed by atoms with Crippen LogP contribution in [0.15, 0.2) is 60.4 Å². The molecule has 0 unspecified atom stereocenters. The summed E-state index contributed by atoms with van der Waals surface area (Å²) in [4.78, 5) is 16.1. The predicted molar refractivity (Wildman–Crippen MR) is 111 cm³/mol. The molecule has 0 bridgehead atoms. The summed E-state index contributed by atoms with van der Waals surface area (Å²) in [7, 11) is 1.71. The minimum Gasteiger partial charge on any atom is -0.353 e. The van der Waals surface area contributed by atoms with Crippen molar-refractivity contribution in [3.63, 3.8) is 0 Å². The Hall–Kier alpha value is -2.36. The minimum atomic E-state index is -0.118. The highest BCUT2D eigenvalue weighted by atomic mass is 127. The second-order valence-corrected chi connectivity index (χ2v) is 5.05. The molecule has 0 saturated carbocycles. The lowest BCUT2D eigenvalue weighted by molar-refractivity contribution is -0.116. The lowest BCUT2D eigenvalue weighted by Gasteiger charge is -2.11. The van der Waals surface area contributed by atoms with Crippen LogP contribution in [0, 0.1) is 0 Å². The smallest absolute Gasteiger partial charge is 0.246 e. The van der Waals surface area contributed by atoms with Crippen LogP contribution >= 0.6 is 24.0 Å². The Balaban J connectivity index is 0.00000312. The van der Waals surface area contributed by atoms with Crippen LogP contribution in [0.4, 0.5) is 5.69 Å². The maximum absolute atomic E-state index is 12.0. The zero-order chi connectivity index (χ0) is 17.2.